The Morgan fingerprint density at radius 3 is 1.06 bits per heavy atom. The van der Waals surface area contributed by atoms with Gasteiger partial charge in [-0.25, -0.2) is 0 Å². The molecule has 0 aromatic rings. The van der Waals surface area contributed by atoms with Gasteiger partial charge in [0.15, 0.2) is 0 Å². The number of hydrogen-bond acceptors (Lipinski definition) is 2. The Kier molecular flexibility index (Phi) is 4.40. The predicted octanol–water partition coefficient (Wildman–Crippen LogP) is 3.61. The molecule has 1 saturated heterocycles. The van der Waals surface area contributed by atoms with E-state index < -0.39 is 34.4 Å². The van der Waals surface area contributed by atoms with Crippen LogP contribution in [0, 0.1) is 0 Å². The van der Waals surface area contributed by atoms with Gasteiger partial charge in [0.05, 0.1) is 0 Å². The second-order valence-electron chi connectivity index (χ2n) is 7.54. The van der Waals surface area contributed by atoms with Crippen molar-refractivity contribution in [3.05, 3.63) is 0 Å². The summed E-state index contributed by atoms with van der Waals surface area (Å²) >= 11 is -2.24. The fraction of sp³-hybridized carbons (Fsp3) is 1.00. The van der Waals surface area contributed by atoms with Crippen molar-refractivity contribution in [2.45, 2.75) is 75.8 Å². The van der Waals surface area contributed by atoms with Gasteiger partial charge in [0.2, 0.25) is 0 Å². The van der Waals surface area contributed by atoms with Crippen LogP contribution in [0.4, 0.5) is 0 Å². The van der Waals surface area contributed by atoms with Crippen LogP contribution in [0.1, 0.15) is 27.7 Å². The summed E-state index contributed by atoms with van der Waals surface area (Å²) in [6, 6.07) is 1.50. The Balaban J connectivity index is 3.38. The third-order valence-electron chi connectivity index (χ3n) is 4.91. The molecule has 0 saturated carbocycles. The van der Waals surface area contributed by atoms with Gasteiger partial charge in [-0.15, -0.1) is 0 Å². The predicted molar refractivity (Wildman–Crippen MR) is 86.4 cm³/mol. The SMILES string of the molecule is CC(C)[N]1[Si](C)(C)[Si](C)(C)[N](C(C)C)[Sn]1([CH3])[CH3]. The van der Waals surface area contributed by atoms with Crippen molar-refractivity contribution in [2.75, 3.05) is 0 Å². The fourth-order valence-electron chi connectivity index (χ4n) is 4.63. The summed E-state index contributed by atoms with van der Waals surface area (Å²) in [4.78, 5) is 5.29. The summed E-state index contributed by atoms with van der Waals surface area (Å²) in [5, 5.41) is 0. The molecule has 0 aromatic heterocycles. The Morgan fingerprint density at radius 2 is 0.941 bits per heavy atom. The van der Waals surface area contributed by atoms with Crippen molar-refractivity contribution in [2.24, 2.45) is 0 Å². The monoisotopic (exact) mass is 380 g/mol. The molecule has 0 unspecified atom stereocenters. The first kappa shape index (κ1) is 16.2. The maximum atomic E-state index is 3.08. The van der Waals surface area contributed by atoms with Crippen molar-refractivity contribution in [1.29, 1.82) is 0 Å². The molecule has 2 nitrogen and oxygen atoms in total. The van der Waals surface area contributed by atoms with Gasteiger partial charge >= 0.3 is 116 Å². The molecule has 0 atom stereocenters. The molecule has 17 heavy (non-hydrogen) atoms. The molecule has 102 valence electrons. The van der Waals surface area contributed by atoms with Gasteiger partial charge < -0.3 is 0 Å². The Labute approximate surface area is 115 Å². The van der Waals surface area contributed by atoms with Gasteiger partial charge in [-0.2, -0.15) is 0 Å². The van der Waals surface area contributed by atoms with Gasteiger partial charge in [-0.3, -0.25) is 0 Å². The van der Waals surface area contributed by atoms with E-state index in [0.717, 1.165) is 12.1 Å². The van der Waals surface area contributed by atoms with Crippen molar-refractivity contribution < 1.29 is 0 Å². The molecular weight excluding hydrogens is 347 g/mol. The van der Waals surface area contributed by atoms with Crippen molar-refractivity contribution in [1.82, 2.24) is 5.57 Å². The van der Waals surface area contributed by atoms with Gasteiger partial charge in [0.25, 0.3) is 0 Å². The molecule has 0 aliphatic carbocycles. The van der Waals surface area contributed by atoms with E-state index in [2.05, 4.69) is 69.3 Å². The van der Waals surface area contributed by atoms with Gasteiger partial charge in [-0.05, 0) is 0 Å². The van der Waals surface area contributed by atoms with E-state index in [4.69, 9.17) is 0 Å². The summed E-state index contributed by atoms with van der Waals surface area (Å²) in [6.45, 7) is 20.2. The van der Waals surface area contributed by atoms with E-state index in [1.54, 1.807) is 0 Å². The van der Waals surface area contributed by atoms with E-state index in [1.165, 1.54) is 0 Å². The molecule has 1 heterocycles. The van der Waals surface area contributed by atoms with Crippen LogP contribution in [-0.2, 0) is 0 Å². The third kappa shape index (κ3) is 2.22. The van der Waals surface area contributed by atoms with Crippen molar-refractivity contribution in [3.8, 4) is 0 Å². The first-order valence-electron chi connectivity index (χ1n) is 6.97. The van der Waals surface area contributed by atoms with E-state index in [-0.39, 0.29) is 0 Å². The average molecular weight is 379 g/mol. The zero-order valence-electron chi connectivity index (χ0n) is 13.5. The molecule has 1 rings (SSSR count). The summed E-state index contributed by atoms with van der Waals surface area (Å²) < 4.78 is 6.15. The second kappa shape index (κ2) is 4.61. The van der Waals surface area contributed by atoms with Crippen LogP contribution < -0.4 is 0 Å². The van der Waals surface area contributed by atoms with Crippen LogP contribution in [-0.4, -0.2) is 52.1 Å². The summed E-state index contributed by atoms with van der Waals surface area (Å²) in [5.41, 5.74) is 0. The number of rotatable bonds is 2. The molecule has 1 aliphatic rings. The second-order valence-corrected chi connectivity index (χ2v) is 35.9. The van der Waals surface area contributed by atoms with E-state index in [9.17, 15) is 0 Å². The van der Waals surface area contributed by atoms with Crippen LogP contribution in [0.3, 0.4) is 0 Å². The molecule has 0 spiro atoms. The first-order valence-corrected chi connectivity index (χ1v) is 22.1. The molecule has 0 amide bonds. The summed E-state index contributed by atoms with van der Waals surface area (Å²) in [7, 11) is -2.46. The summed E-state index contributed by atoms with van der Waals surface area (Å²) in [5.74, 6) is 0. The third-order valence-corrected chi connectivity index (χ3v) is 52.2. The Bertz CT molecular complexity index is 273. The zero-order chi connectivity index (χ0) is 13.8. The van der Waals surface area contributed by atoms with Gasteiger partial charge in [-0.1, -0.05) is 0 Å². The van der Waals surface area contributed by atoms with Crippen molar-refractivity contribution in [3.63, 3.8) is 0 Å². The van der Waals surface area contributed by atoms with Crippen LogP contribution >= 0.6 is 0 Å². The quantitative estimate of drug-likeness (QED) is 0.677. The van der Waals surface area contributed by atoms with Crippen LogP contribution in [0.15, 0.2) is 0 Å². The van der Waals surface area contributed by atoms with E-state index in [0.29, 0.717) is 0 Å². The maximum absolute atomic E-state index is 3.08. The number of hydrogen-bond donors (Lipinski definition) is 0. The molecule has 0 bridgehead atoms. The molecule has 1 fully saturated rings. The van der Waals surface area contributed by atoms with Crippen LogP contribution in [0.5, 0.6) is 0 Å². The molecule has 0 N–H and O–H groups in total. The molecule has 0 aromatic carbocycles. The van der Waals surface area contributed by atoms with E-state index in [1.807, 2.05) is 0 Å². The Hall–Kier alpha value is 1.15. The average Bonchev–Trinajstić information content (AvgIpc) is 2.07. The first-order chi connectivity index (χ1) is 7.38. The molecule has 0 radical (unpaired) electrons. The topological polar surface area (TPSA) is 6.48 Å². The summed E-state index contributed by atoms with van der Waals surface area (Å²) in [6.07, 6.45) is 0. The van der Waals surface area contributed by atoms with Crippen molar-refractivity contribution >= 4 is 34.4 Å². The Morgan fingerprint density at radius 1 is 0.706 bits per heavy atom. The number of nitrogens with zero attached hydrogens (tertiary/aromatic N) is 2. The standard InChI is InChI=1S/C10H26N2Si2.2CH3.Sn/c1-9(2)11-13(5,6)14(7,8)12-10(3)4;;;/h9-10H,1-8H3;2*1H3;/q-2;;;+2. The minimum atomic E-state index is -2.24. The van der Waals surface area contributed by atoms with Gasteiger partial charge in [0.1, 0.15) is 0 Å². The zero-order valence-corrected chi connectivity index (χ0v) is 18.4. The molecular formula is C12H32N2Si2Sn. The normalized spacial score (nSPS) is 28.2. The van der Waals surface area contributed by atoms with Crippen LogP contribution in [0.25, 0.3) is 0 Å². The fourth-order valence-corrected chi connectivity index (χ4v) is 74.7. The minimum absolute atomic E-state index is 0.748. The molecule has 1 aliphatic heterocycles. The van der Waals surface area contributed by atoms with Crippen LogP contribution in [0.2, 0.25) is 36.1 Å². The van der Waals surface area contributed by atoms with Gasteiger partial charge in [0, 0.05) is 0 Å². The molecule has 5 heteroatoms. The van der Waals surface area contributed by atoms with E-state index >= 15 is 0 Å².